The van der Waals surface area contributed by atoms with Gasteiger partial charge in [0.15, 0.2) is 0 Å². The van der Waals surface area contributed by atoms with Crippen molar-refractivity contribution in [2.24, 2.45) is 11.5 Å². The number of pyridine rings is 9. The van der Waals surface area contributed by atoms with Gasteiger partial charge < -0.3 is 35.6 Å². The smallest absolute Gasteiger partial charge is 0.443 e. The average Bonchev–Trinajstić information content (AvgIpc) is 1.60. The van der Waals surface area contributed by atoms with Gasteiger partial charge in [-0.3, -0.25) is 39.6 Å². The molecule has 9 N–H and O–H groups in total. The van der Waals surface area contributed by atoms with Gasteiger partial charge in [-0.1, -0.05) is 6.07 Å². The molecule has 9 aromatic rings. The first-order chi connectivity index (χ1) is 60.4. The molecule has 0 bridgehead atoms. The summed E-state index contributed by atoms with van der Waals surface area (Å²) in [5.74, 6) is 3.02. The number of nitrogens with two attached hydrogens (primary N) is 2. The highest BCUT2D eigenvalue weighted by Crippen LogP contribution is 2.39. The van der Waals surface area contributed by atoms with E-state index in [1.807, 2.05) is 106 Å². The molecule has 34 nitrogen and oxygen atoms in total. The molecule has 690 valence electrons. The van der Waals surface area contributed by atoms with E-state index in [1.54, 1.807) is 136 Å². The Hall–Kier alpha value is -9.50. The normalized spacial score (nSPS) is 15.1. The minimum absolute atomic E-state index is 0.0221. The quantitative estimate of drug-likeness (QED) is 0.0329. The molecule has 0 aliphatic carbocycles. The number of ether oxygens (including phenoxy) is 2. The number of carbonyl (C=O) groups excluding carboxylic acids is 3. The highest BCUT2D eigenvalue weighted by atomic mass is 79.9. The molecule has 128 heavy (non-hydrogen) atoms. The second-order valence-electron chi connectivity index (χ2n) is 33.2. The monoisotopic (exact) mass is 1960 g/mol. The fraction of sp³-hybridized carbons (Fsp3) is 0.448. The molecule has 0 aromatic carbocycles. The van der Waals surface area contributed by atoms with Crippen LogP contribution in [0.2, 0.25) is 0 Å². The zero-order chi connectivity index (χ0) is 93.6. The van der Waals surface area contributed by atoms with E-state index in [4.69, 9.17) is 30.2 Å². The van der Waals surface area contributed by atoms with Crippen LogP contribution in [0.5, 0.6) is 0 Å². The minimum Gasteiger partial charge on any atom is -0.443 e. The van der Waals surface area contributed by atoms with Gasteiger partial charge in [-0.15, -0.1) is 0 Å². The van der Waals surface area contributed by atoms with Crippen LogP contribution in [0.25, 0.3) is 33.4 Å². The SMILES string of the molecule is CC(C)(C)OC(=O)N1CCCc2cc(B3OC(C)(C)C(C)(C)O3)cnc21.CCS(=O)(=O)NCc1ccncc1-c1cnc2c(c1)CCCN2.CCS(=O)(=O)NCc1ccncc1-c1cnc2c(c1)CCCN2C(=O)OC(C)(C)C.CCS(=O)(=O)NCc1ccncc1-c1cnc2c(c1)CCCN2C(N)=O.CCS(=O)(=O)NCc1ccncc1Br.NCc1ccncc1Br. The highest BCUT2D eigenvalue weighted by molar-refractivity contribution is 9.10. The number of primary amides is 1. The summed E-state index contributed by atoms with van der Waals surface area (Å²) in [6, 6.07) is 16.7. The van der Waals surface area contributed by atoms with Crippen molar-refractivity contribution in [1.82, 2.24) is 63.7 Å². The molecular formula is C87H116BBr2N19O15S4. The van der Waals surface area contributed by atoms with Gasteiger partial charge >= 0.3 is 25.3 Å². The number of amides is 4. The van der Waals surface area contributed by atoms with Crippen molar-refractivity contribution in [1.29, 1.82) is 0 Å². The summed E-state index contributed by atoms with van der Waals surface area (Å²) < 4.78 is 128. The summed E-state index contributed by atoms with van der Waals surface area (Å²) >= 11 is 6.60. The molecule has 5 aliphatic heterocycles. The van der Waals surface area contributed by atoms with Crippen LogP contribution in [0.3, 0.4) is 0 Å². The van der Waals surface area contributed by atoms with E-state index in [9.17, 15) is 48.1 Å². The molecule has 0 atom stereocenters. The van der Waals surface area contributed by atoms with Gasteiger partial charge in [0.05, 0.1) is 34.2 Å². The van der Waals surface area contributed by atoms with Crippen LogP contribution >= 0.6 is 31.9 Å². The van der Waals surface area contributed by atoms with E-state index >= 15 is 0 Å². The topological polar surface area (TPSA) is 463 Å². The van der Waals surface area contributed by atoms with Crippen molar-refractivity contribution in [2.75, 3.05) is 69.2 Å². The zero-order valence-corrected chi connectivity index (χ0v) is 81.2. The van der Waals surface area contributed by atoms with Gasteiger partial charge in [-0.05, 0) is 279 Å². The zero-order valence-electron chi connectivity index (χ0n) is 74.7. The fourth-order valence-electron chi connectivity index (χ4n) is 13.3. The van der Waals surface area contributed by atoms with Crippen LogP contribution in [0.15, 0.2) is 150 Å². The third-order valence-electron chi connectivity index (χ3n) is 21.1. The number of sulfonamides is 4. The highest BCUT2D eigenvalue weighted by Gasteiger charge is 2.52. The Labute approximate surface area is 769 Å². The van der Waals surface area contributed by atoms with Crippen molar-refractivity contribution in [3.8, 4) is 33.4 Å². The summed E-state index contributed by atoms with van der Waals surface area (Å²) in [6.45, 7) is 29.8. The Morgan fingerprint density at radius 1 is 0.461 bits per heavy atom. The van der Waals surface area contributed by atoms with Gasteiger partial charge in [0, 0.05) is 193 Å². The van der Waals surface area contributed by atoms with Crippen molar-refractivity contribution >= 4 is 126 Å². The molecule has 0 radical (unpaired) electrons. The second kappa shape index (κ2) is 45.4. The summed E-state index contributed by atoms with van der Waals surface area (Å²) in [7, 11) is -13.4. The Morgan fingerprint density at radius 3 is 1.16 bits per heavy atom. The number of aryl methyl sites for hydroxylation is 4. The van der Waals surface area contributed by atoms with Gasteiger partial charge in [0.1, 0.15) is 34.5 Å². The average molecular weight is 1970 g/mol. The third-order valence-corrected chi connectivity index (χ3v) is 27.9. The lowest BCUT2D eigenvalue weighted by Crippen LogP contribution is -2.42. The first-order valence-corrected chi connectivity index (χ1v) is 50.3. The first kappa shape index (κ1) is 102. The summed E-state index contributed by atoms with van der Waals surface area (Å²) in [5.41, 5.74) is 23.5. The summed E-state index contributed by atoms with van der Waals surface area (Å²) in [6.07, 6.45) is 30.0. The maximum atomic E-state index is 12.6. The number of rotatable bonds is 21. The van der Waals surface area contributed by atoms with E-state index < -0.39 is 81.7 Å². The number of hydrogen-bond acceptors (Lipinski definition) is 26. The number of urea groups is 1. The fourth-order valence-corrected chi connectivity index (χ4v) is 16.4. The number of halogens is 2. The Morgan fingerprint density at radius 2 is 0.789 bits per heavy atom. The molecule has 41 heteroatoms. The largest absolute Gasteiger partial charge is 0.496 e. The van der Waals surface area contributed by atoms with Gasteiger partial charge in [0.25, 0.3) is 0 Å². The Kier molecular flexibility index (Phi) is 36.2. The van der Waals surface area contributed by atoms with E-state index in [-0.39, 0.29) is 48.7 Å². The maximum absolute atomic E-state index is 12.6. The molecule has 0 unspecified atom stereocenters. The molecule has 0 spiro atoms. The molecule has 1 saturated heterocycles. The molecule has 1 fully saturated rings. The third kappa shape index (κ3) is 29.5. The number of anilines is 4. The lowest BCUT2D eigenvalue weighted by atomic mass is 9.79. The van der Waals surface area contributed by atoms with E-state index in [0.29, 0.717) is 50.2 Å². The number of nitrogens with zero attached hydrogens (tertiary/aromatic N) is 12. The lowest BCUT2D eigenvalue weighted by molar-refractivity contribution is 0.00578. The summed E-state index contributed by atoms with van der Waals surface area (Å²) in [5, 5.41) is 3.29. The van der Waals surface area contributed by atoms with Crippen LogP contribution in [0.1, 0.15) is 173 Å². The predicted molar refractivity (Wildman–Crippen MR) is 505 cm³/mol. The van der Waals surface area contributed by atoms with Crippen molar-refractivity contribution < 1.29 is 66.8 Å². The molecule has 4 amide bonds. The summed E-state index contributed by atoms with van der Waals surface area (Å²) in [4.78, 5) is 79.6. The van der Waals surface area contributed by atoms with Crippen molar-refractivity contribution in [3.63, 3.8) is 0 Å². The maximum Gasteiger partial charge on any atom is 0.496 e. The van der Waals surface area contributed by atoms with Crippen LogP contribution in [0.4, 0.5) is 37.7 Å². The van der Waals surface area contributed by atoms with Gasteiger partial charge in [-0.25, -0.2) is 86.9 Å². The van der Waals surface area contributed by atoms with Crippen LogP contribution in [0, 0.1) is 0 Å². The van der Waals surface area contributed by atoms with Crippen LogP contribution in [-0.2, 0) is 117 Å². The number of aromatic nitrogens is 9. The Bertz CT molecular complexity index is 5830. The number of hydrogen-bond donors (Lipinski definition) is 7. The lowest BCUT2D eigenvalue weighted by Gasteiger charge is -2.32. The Balaban J connectivity index is 0.000000178. The molecular weight excluding hydrogens is 1850 g/mol. The molecule has 14 rings (SSSR count). The van der Waals surface area contributed by atoms with Gasteiger partial charge in [-0.2, -0.15) is 0 Å². The van der Waals surface area contributed by atoms with Crippen molar-refractivity contribution in [2.45, 2.75) is 203 Å². The van der Waals surface area contributed by atoms with Crippen molar-refractivity contribution in [3.05, 3.63) is 200 Å². The molecule has 14 heterocycles. The standard InChI is InChI=1S/C21H28N4O4S.C19H29BN2O4.C17H21N5O3S.C16H20N4O2S.C8H11BrN2O2S.C6H7BrN2/c1-5-30(27,28)24-13-16-8-9-22-14-18(16)17-11-15-7-6-10-25(19(15)23-12-17)20(26)29-21(2,3)4;1-17(2,3)24-16(23)22-10-8-9-13-11-14(12-21-15(13)22)20-25-18(4,5)19(6,7)26-20;1-2-26(24,25)21-10-13-5-6-19-11-15(13)14-8-12-4-3-7-22(17(18)23)16(12)20-9-14;1-2-23(21,22)20-10-13-5-7-17-11-15(13)14-8-12-4-3-6-18-16(12)19-9-14;1-2-14(12,13)11-5-7-3-4-10-6-8(7)9;7-6-4-9-2-1-5(6)3-8/h8-9,11-12,14,24H,5-7,10,13H2,1-4H3;11-12H,8-10H2,1-7H3;5-6,8-9,11,21H,2-4,7,10H2,1H3,(H2,18,23);5,7-9,11,20H,2-4,6,10H2,1H3,(H,18,19);3-4,6,11H,2,5H2,1H3;1-2,4H,3,8H2. The molecule has 0 saturated carbocycles. The van der Waals surface area contributed by atoms with E-state index in [2.05, 4.69) is 107 Å². The number of nitrogens with one attached hydrogen (secondary N) is 5. The van der Waals surface area contributed by atoms with E-state index in [1.165, 1.54) is 10.5 Å². The number of carbonyl (C=O) groups is 3. The predicted octanol–water partition coefficient (Wildman–Crippen LogP) is 12.3. The van der Waals surface area contributed by atoms with Gasteiger partial charge in [0.2, 0.25) is 40.1 Å². The van der Waals surface area contributed by atoms with E-state index in [0.717, 1.165) is 156 Å². The second-order valence-corrected chi connectivity index (χ2v) is 43.3. The minimum atomic E-state index is -3.31. The first-order valence-electron chi connectivity index (χ1n) is 42.1. The van der Waals surface area contributed by atoms with Crippen LogP contribution < -0.4 is 55.8 Å². The molecule has 9 aromatic heterocycles. The van der Waals surface area contributed by atoms with Crippen LogP contribution in [-0.4, -0.2) is 175 Å². The number of fused-ring (bicyclic) bond motifs is 4. The molecule has 5 aliphatic rings.